The van der Waals surface area contributed by atoms with Gasteiger partial charge in [-0.05, 0) is 38.1 Å². The van der Waals surface area contributed by atoms with Gasteiger partial charge in [0.05, 0.1) is 23.3 Å². The molecule has 1 aliphatic rings. The van der Waals surface area contributed by atoms with E-state index in [9.17, 15) is 14.3 Å². The number of methoxy groups -OCH3 is 1. The van der Waals surface area contributed by atoms with E-state index in [-0.39, 0.29) is 10.7 Å². The van der Waals surface area contributed by atoms with Gasteiger partial charge in [0.1, 0.15) is 23.4 Å². The smallest absolute Gasteiger partial charge is 0.324 e. The second kappa shape index (κ2) is 9.46. The summed E-state index contributed by atoms with van der Waals surface area (Å²) >= 11 is 5.91. The lowest BCUT2D eigenvalue weighted by molar-refractivity contribution is -0.158. The fourth-order valence-corrected chi connectivity index (χ4v) is 4.32. The topological polar surface area (TPSA) is 96.8 Å². The van der Waals surface area contributed by atoms with Crippen molar-refractivity contribution in [2.75, 3.05) is 32.7 Å². The van der Waals surface area contributed by atoms with E-state index >= 15 is 0 Å². The second-order valence-corrected chi connectivity index (χ2v) is 8.34. The minimum absolute atomic E-state index is 0.00206. The Kier molecular flexibility index (Phi) is 6.64. The van der Waals surface area contributed by atoms with Crippen LogP contribution in [-0.4, -0.2) is 58.9 Å². The number of carboxylic acid groups (broad SMARTS) is 1. The Balaban J connectivity index is 1.73. The molecule has 3 aromatic rings. The third kappa shape index (κ3) is 4.44. The molecule has 4 rings (SSSR count). The van der Waals surface area contributed by atoms with Crippen LogP contribution in [0.3, 0.4) is 0 Å². The molecular weight excluding hydrogens is 451 g/mol. The molecule has 8 nitrogen and oxygen atoms in total. The van der Waals surface area contributed by atoms with Gasteiger partial charge in [0, 0.05) is 36.8 Å². The van der Waals surface area contributed by atoms with Gasteiger partial charge >= 0.3 is 5.97 Å². The van der Waals surface area contributed by atoms with Gasteiger partial charge in [-0.15, -0.1) is 0 Å². The van der Waals surface area contributed by atoms with Crippen molar-refractivity contribution in [1.29, 1.82) is 0 Å². The average molecular weight is 475 g/mol. The number of hydrogen-bond donors (Lipinski definition) is 2. The van der Waals surface area contributed by atoms with Gasteiger partial charge in [-0.3, -0.25) is 9.69 Å². The number of carbonyl (C=O) groups is 1. The van der Waals surface area contributed by atoms with E-state index in [2.05, 4.69) is 15.3 Å². The molecule has 2 heterocycles. The molecule has 0 bridgehead atoms. The maximum absolute atomic E-state index is 14.5. The Hall–Kier alpha value is -3.01. The Morgan fingerprint density at radius 3 is 2.79 bits per heavy atom. The molecule has 0 spiro atoms. The summed E-state index contributed by atoms with van der Waals surface area (Å²) in [5.41, 5.74) is 0.501. The van der Waals surface area contributed by atoms with Crippen molar-refractivity contribution in [3.8, 4) is 5.75 Å². The lowest BCUT2D eigenvalue weighted by atomic mass is 9.88. The fourth-order valence-electron chi connectivity index (χ4n) is 4.14. The number of nitrogens with zero attached hydrogens (tertiary/aromatic N) is 3. The summed E-state index contributed by atoms with van der Waals surface area (Å²) in [6.45, 7) is 1.09. The molecule has 2 aromatic carbocycles. The molecule has 0 aliphatic carbocycles. The van der Waals surface area contributed by atoms with E-state index in [1.165, 1.54) is 12.4 Å². The van der Waals surface area contributed by atoms with Crippen LogP contribution < -0.4 is 10.1 Å². The van der Waals surface area contributed by atoms with E-state index in [0.717, 1.165) is 5.56 Å². The quantitative estimate of drug-likeness (QED) is 0.525. The SMILES string of the molecule is COc1cc2ncnc(Nc3cccc(Cl)c3F)c2cc1CN(C)C1(C(=O)O)CCOCC1. The summed E-state index contributed by atoms with van der Waals surface area (Å²) in [5, 5.41) is 13.6. The lowest BCUT2D eigenvalue weighted by Crippen LogP contribution is -2.55. The first-order chi connectivity index (χ1) is 15.9. The van der Waals surface area contributed by atoms with Crippen LogP contribution in [0.15, 0.2) is 36.7 Å². The first-order valence-corrected chi connectivity index (χ1v) is 10.8. The van der Waals surface area contributed by atoms with Crippen molar-refractivity contribution in [2.45, 2.75) is 24.9 Å². The Labute approximate surface area is 195 Å². The second-order valence-electron chi connectivity index (χ2n) is 7.94. The molecule has 1 aromatic heterocycles. The van der Waals surface area contributed by atoms with Crippen LogP contribution in [0.25, 0.3) is 10.9 Å². The van der Waals surface area contributed by atoms with Gasteiger partial charge in [0.25, 0.3) is 0 Å². The first-order valence-electron chi connectivity index (χ1n) is 10.4. The number of fused-ring (bicyclic) bond motifs is 1. The zero-order valence-corrected chi connectivity index (χ0v) is 19.0. The Morgan fingerprint density at radius 1 is 1.33 bits per heavy atom. The van der Waals surface area contributed by atoms with Crippen molar-refractivity contribution < 1.29 is 23.8 Å². The predicted octanol–water partition coefficient (Wildman–Crippen LogP) is 4.24. The van der Waals surface area contributed by atoms with Gasteiger partial charge in [0.15, 0.2) is 5.82 Å². The van der Waals surface area contributed by atoms with Crippen molar-refractivity contribution >= 4 is 40.0 Å². The van der Waals surface area contributed by atoms with Crippen LogP contribution in [0.2, 0.25) is 5.02 Å². The largest absolute Gasteiger partial charge is 0.496 e. The summed E-state index contributed by atoms with van der Waals surface area (Å²) in [6.07, 6.45) is 2.15. The fraction of sp³-hybridized carbons (Fsp3) is 0.348. The van der Waals surface area contributed by atoms with Crippen molar-refractivity contribution in [3.63, 3.8) is 0 Å². The molecule has 0 saturated carbocycles. The summed E-state index contributed by atoms with van der Waals surface area (Å²) in [6, 6.07) is 8.27. The Bertz CT molecular complexity index is 1190. The van der Waals surface area contributed by atoms with Crippen molar-refractivity contribution in [1.82, 2.24) is 14.9 Å². The molecular formula is C23H24ClFN4O4. The van der Waals surface area contributed by atoms with Crippen LogP contribution >= 0.6 is 11.6 Å². The highest BCUT2D eigenvalue weighted by Gasteiger charge is 2.44. The van der Waals surface area contributed by atoms with Crippen LogP contribution in [0, 0.1) is 5.82 Å². The molecule has 0 unspecified atom stereocenters. The lowest BCUT2D eigenvalue weighted by Gasteiger charge is -2.41. The normalized spacial score (nSPS) is 15.5. The number of anilines is 2. The van der Waals surface area contributed by atoms with Crippen LogP contribution in [-0.2, 0) is 16.1 Å². The number of halogens is 2. The molecule has 1 fully saturated rings. The van der Waals surface area contributed by atoms with Gasteiger partial charge < -0.3 is 19.9 Å². The number of ether oxygens (including phenoxy) is 2. The van der Waals surface area contributed by atoms with E-state index in [0.29, 0.717) is 55.1 Å². The van der Waals surface area contributed by atoms with Gasteiger partial charge in [-0.2, -0.15) is 0 Å². The molecule has 2 N–H and O–H groups in total. The monoisotopic (exact) mass is 474 g/mol. The van der Waals surface area contributed by atoms with E-state index in [4.69, 9.17) is 21.1 Å². The molecule has 1 aliphatic heterocycles. The molecule has 10 heteroatoms. The third-order valence-corrected chi connectivity index (χ3v) is 6.39. The third-order valence-electron chi connectivity index (χ3n) is 6.10. The molecule has 1 saturated heterocycles. The minimum Gasteiger partial charge on any atom is -0.496 e. The van der Waals surface area contributed by atoms with Crippen molar-refractivity contribution in [3.05, 3.63) is 53.1 Å². The summed E-state index contributed by atoms with van der Waals surface area (Å²) in [4.78, 5) is 22.6. The number of hydrogen-bond acceptors (Lipinski definition) is 7. The number of aromatic nitrogens is 2. The summed E-state index contributed by atoms with van der Waals surface area (Å²) in [5.74, 6) is -0.496. The van der Waals surface area contributed by atoms with E-state index in [1.54, 1.807) is 32.4 Å². The zero-order valence-electron chi connectivity index (χ0n) is 18.3. The van der Waals surface area contributed by atoms with Crippen molar-refractivity contribution in [2.24, 2.45) is 0 Å². The molecule has 0 radical (unpaired) electrons. The highest BCUT2D eigenvalue weighted by Crippen LogP contribution is 2.34. The maximum Gasteiger partial charge on any atom is 0.324 e. The number of carboxylic acids is 1. The maximum atomic E-state index is 14.5. The minimum atomic E-state index is -1.03. The zero-order chi connectivity index (χ0) is 23.6. The first kappa shape index (κ1) is 23.2. The van der Waals surface area contributed by atoms with Crippen LogP contribution in [0.4, 0.5) is 15.9 Å². The highest BCUT2D eigenvalue weighted by molar-refractivity contribution is 6.31. The molecule has 33 heavy (non-hydrogen) atoms. The number of nitrogens with one attached hydrogen (secondary N) is 1. The summed E-state index contributed by atoms with van der Waals surface area (Å²) in [7, 11) is 3.33. The highest BCUT2D eigenvalue weighted by atomic mass is 35.5. The standard InChI is InChI=1S/C23H24ClFN4O4/c1-29(23(22(30)31)6-8-33-9-7-23)12-14-10-15-18(11-19(14)32-2)26-13-27-21(15)28-17-5-3-4-16(24)20(17)25/h3-5,10-11,13H,6-9,12H2,1-2H3,(H,30,31)(H,26,27,28). The number of benzene rings is 2. The molecule has 174 valence electrons. The van der Waals surface area contributed by atoms with Gasteiger partial charge in [0.2, 0.25) is 0 Å². The van der Waals surface area contributed by atoms with E-state index < -0.39 is 17.3 Å². The van der Waals surface area contributed by atoms with Crippen LogP contribution in [0.5, 0.6) is 5.75 Å². The molecule has 0 atom stereocenters. The number of likely N-dealkylation sites (N-methyl/N-ethyl adjacent to an activating group) is 1. The van der Waals surface area contributed by atoms with Crippen LogP contribution in [0.1, 0.15) is 18.4 Å². The predicted molar refractivity (Wildman–Crippen MR) is 123 cm³/mol. The number of aliphatic carboxylic acids is 1. The Morgan fingerprint density at radius 2 is 2.09 bits per heavy atom. The van der Waals surface area contributed by atoms with Gasteiger partial charge in [-0.25, -0.2) is 14.4 Å². The van der Waals surface area contributed by atoms with E-state index in [1.807, 2.05) is 11.0 Å². The van der Waals surface area contributed by atoms with Gasteiger partial charge in [-0.1, -0.05) is 17.7 Å². The molecule has 0 amide bonds. The average Bonchev–Trinajstić information content (AvgIpc) is 2.82. The summed E-state index contributed by atoms with van der Waals surface area (Å²) < 4.78 is 25.4. The number of rotatable bonds is 7.